The van der Waals surface area contributed by atoms with Gasteiger partial charge >= 0.3 is 0 Å². The van der Waals surface area contributed by atoms with Crippen LogP contribution in [0.1, 0.15) is 11.1 Å². The first-order valence-electron chi connectivity index (χ1n) is 9.22. The molecular formula is C20H25N4O3S+. The van der Waals surface area contributed by atoms with Crippen LogP contribution >= 0.6 is 0 Å². The van der Waals surface area contributed by atoms with Gasteiger partial charge in [0.2, 0.25) is 10.0 Å². The number of aryl methyl sites for hydroxylation is 1. The lowest BCUT2D eigenvalue weighted by Crippen LogP contribution is -3.15. The molecule has 148 valence electrons. The standard InChI is InChI=1S/C20H24N4O3S/c1-17-7-9-19(10-8-17)28(26,27)24-13-11-23(12-14-24)16-20(25)22-21-15-18-5-3-2-4-6-18/h2-10,15H,11-14,16H2,1H3,(H,22,25)/p+1/b21-15+. The lowest BCUT2D eigenvalue weighted by atomic mass is 10.2. The molecule has 3 rings (SSSR count). The van der Waals surface area contributed by atoms with Crippen LogP contribution in [0.3, 0.4) is 0 Å². The summed E-state index contributed by atoms with van der Waals surface area (Å²) in [6.45, 7) is 4.15. The van der Waals surface area contributed by atoms with Crippen molar-refractivity contribution >= 4 is 22.1 Å². The average Bonchev–Trinajstić information content (AvgIpc) is 2.69. The number of sulfonamides is 1. The first-order chi connectivity index (χ1) is 13.4. The van der Waals surface area contributed by atoms with Gasteiger partial charge < -0.3 is 4.90 Å². The van der Waals surface area contributed by atoms with Crippen molar-refractivity contribution in [2.75, 3.05) is 32.7 Å². The third kappa shape index (κ3) is 5.25. The molecule has 28 heavy (non-hydrogen) atoms. The Labute approximate surface area is 165 Å². The van der Waals surface area contributed by atoms with Gasteiger partial charge in [0.05, 0.1) is 37.3 Å². The van der Waals surface area contributed by atoms with E-state index in [4.69, 9.17) is 0 Å². The van der Waals surface area contributed by atoms with E-state index >= 15 is 0 Å². The van der Waals surface area contributed by atoms with Gasteiger partial charge in [0, 0.05) is 0 Å². The highest BCUT2D eigenvalue weighted by Gasteiger charge is 2.30. The average molecular weight is 402 g/mol. The van der Waals surface area contributed by atoms with Crippen LogP contribution < -0.4 is 10.3 Å². The van der Waals surface area contributed by atoms with Gasteiger partial charge in [-0.1, -0.05) is 48.0 Å². The number of carbonyl (C=O) groups excluding carboxylic acids is 1. The molecule has 0 saturated carbocycles. The van der Waals surface area contributed by atoms with Crippen molar-refractivity contribution in [3.63, 3.8) is 0 Å². The van der Waals surface area contributed by atoms with Crippen molar-refractivity contribution in [1.82, 2.24) is 9.73 Å². The van der Waals surface area contributed by atoms with E-state index < -0.39 is 10.0 Å². The fourth-order valence-corrected chi connectivity index (χ4v) is 4.50. The topological polar surface area (TPSA) is 83.3 Å². The minimum atomic E-state index is -3.48. The first kappa shape index (κ1) is 20.2. The maximum atomic E-state index is 12.7. The number of piperazine rings is 1. The van der Waals surface area contributed by atoms with Gasteiger partial charge in [-0.2, -0.15) is 9.41 Å². The van der Waals surface area contributed by atoms with Crippen molar-refractivity contribution in [1.29, 1.82) is 0 Å². The van der Waals surface area contributed by atoms with Crippen LogP contribution in [0.2, 0.25) is 0 Å². The number of nitrogens with zero attached hydrogens (tertiary/aromatic N) is 2. The summed E-state index contributed by atoms with van der Waals surface area (Å²) >= 11 is 0. The summed E-state index contributed by atoms with van der Waals surface area (Å²) in [5.74, 6) is -0.183. The number of quaternary nitrogens is 1. The van der Waals surface area contributed by atoms with E-state index in [1.807, 2.05) is 37.3 Å². The molecule has 0 unspecified atom stereocenters. The predicted molar refractivity (Wildman–Crippen MR) is 108 cm³/mol. The second kappa shape index (κ2) is 9.09. The molecule has 1 aliphatic heterocycles. The molecule has 0 aromatic heterocycles. The van der Waals surface area contributed by atoms with Crippen molar-refractivity contribution in [2.24, 2.45) is 5.10 Å². The summed E-state index contributed by atoms with van der Waals surface area (Å²) in [5.41, 5.74) is 4.46. The van der Waals surface area contributed by atoms with Gasteiger partial charge in [-0.05, 0) is 24.6 Å². The van der Waals surface area contributed by atoms with Gasteiger partial charge in [0.1, 0.15) is 0 Å². The van der Waals surface area contributed by atoms with E-state index in [0.717, 1.165) is 16.0 Å². The van der Waals surface area contributed by atoms with E-state index in [9.17, 15) is 13.2 Å². The van der Waals surface area contributed by atoms with E-state index in [-0.39, 0.29) is 12.5 Å². The molecule has 0 aliphatic carbocycles. The molecule has 1 aliphatic rings. The highest BCUT2D eigenvalue weighted by Crippen LogP contribution is 2.16. The van der Waals surface area contributed by atoms with Gasteiger partial charge in [-0.25, -0.2) is 13.8 Å². The highest BCUT2D eigenvalue weighted by molar-refractivity contribution is 7.89. The normalized spacial score (nSPS) is 16.3. The van der Waals surface area contributed by atoms with Gasteiger partial charge in [-0.15, -0.1) is 0 Å². The molecule has 1 fully saturated rings. The molecule has 2 N–H and O–H groups in total. The fraction of sp³-hybridized carbons (Fsp3) is 0.300. The zero-order chi connectivity index (χ0) is 20.0. The number of rotatable bonds is 6. The summed E-state index contributed by atoms with van der Waals surface area (Å²) in [7, 11) is -3.48. The van der Waals surface area contributed by atoms with Crippen LogP contribution in [-0.4, -0.2) is 57.6 Å². The van der Waals surface area contributed by atoms with E-state index in [2.05, 4.69) is 10.5 Å². The smallest absolute Gasteiger partial charge is 0.295 e. The van der Waals surface area contributed by atoms with Gasteiger partial charge in [0.25, 0.3) is 5.91 Å². The van der Waals surface area contributed by atoms with Gasteiger partial charge in [0.15, 0.2) is 6.54 Å². The third-order valence-electron chi connectivity index (χ3n) is 4.70. The Bertz CT molecular complexity index is 920. The van der Waals surface area contributed by atoms with Crippen molar-refractivity contribution in [3.8, 4) is 0 Å². The first-order valence-corrected chi connectivity index (χ1v) is 10.7. The lowest BCUT2D eigenvalue weighted by molar-refractivity contribution is -0.895. The second-order valence-electron chi connectivity index (χ2n) is 6.85. The molecule has 0 spiro atoms. The Morgan fingerprint density at radius 3 is 2.39 bits per heavy atom. The summed E-state index contributed by atoms with van der Waals surface area (Å²) in [5, 5.41) is 3.96. The maximum Gasteiger partial charge on any atom is 0.295 e. The summed E-state index contributed by atoms with van der Waals surface area (Å²) in [4.78, 5) is 13.4. The molecule has 0 radical (unpaired) electrons. The van der Waals surface area contributed by atoms with Crippen molar-refractivity contribution in [2.45, 2.75) is 11.8 Å². The molecule has 1 heterocycles. The van der Waals surface area contributed by atoms with Crippen LogP contribution in [0, 0.1) is 6.92 Å². The molecule has 0 atom stereocenters. The largest absolute Gasteiger partial charge is 0.325 e. The quantitative estimate of drug-likeness (QED) is 0.529. The molecule has 8 heteroatoms. The number of amides is 1. The third-order valence-corrected chi connectivity index (χ3v) is 6.61. The Morgan fingerprint density at radius 1 is 1.11 bits per heavy atom. The fourth-order valence-electron chi connectivity index (χ4n) is 3.06. The number of hydrogen-bond acceptors (Lipinski definition) is 4. The van der Waals surface area contributed by atoms with Crippen molar-refractivity contribution in [3.05, 3.63) is 65.7 Å². The minimum Gasteiger partial charge on any atom is -0.325 e. The molecule has 2 aromatic rings. The summed E-state index contributed by atoms with van der Waals surface area (Å²) < 4.78 is 26.9. The molecule has 1 amide bonds. The van der Waals surface area contributed by atoms with Crippen LogP contribution in [0.5, 0.6) is 0 Å². The zero-order valence-corrected chi connectivity index (χ0v) is 16.7. The SMILES string of the molecule is Cc1ccc(S(=O)(=O)N2CC[NH+](CC(=O)N/N=C/c3ccccc3)CC2)cc1. The van der Waals surface area contributed by atoms with Crippen LogP contribution in [0.4, 0.5) is 0 Å². The Kier molecular flexibility index (Phi) is 6.56. The maximum absolute atomic E-state index is 12.7. The summed E-state index contributed by atoms with van der Waals surface area (Å²) in [6, 6.07) is 16.4. The Balaban J connectivity index is 1.48. The molecule has 2 aromatic carbocycles. The van der Waals surface area contributed by atoms with Crippen LogP contribution in [-0.2, 0) is 14.8 Å². The van der Waals surface area contributed by atoms with E-state index in [1.165, 1.54) is 4.31 Å². The number of nitrogens with one attached hydrogen (secondary N) is 2. The Morgan fingerprint density at radius 2 is 1.75 bits per heavy atom. The number of benzene rings is 2. The molecular weight excluding hydrogens is 376 g/mol. The van der Waals surface area contributed by atoms with Crippen LogP contribution in [0.15, 0.2) is 64.6 Å². The van der Waals surface area contributed by atoms with Crippen molar-refractivity contribution < 1.29 is 18.1 Å². The molecule has 0 bridgehead atoms. The van der Waals surface area contributed by atoms with Crippen LogP contribution in [0.25, 0.3) is 0 Å². The van der Waals surface area contributed by atoms with E-state index in [0.29, 0.717) is 31.1 Å². The number of hydrazone groups is 1. The minimum absolute atomic E-state index is 0.183. The molecule has 1 saturated heterocycles. The number of carbonyl (C=O) groups is 1. The Hall–Kier alpha value is -2.55. The number of hydrogen-bond donors (Lipinski definition) is 2. The predicted octanol–water partition coefficient (Wildman–Crippen LogP) is 0.0345. The van der Waals surface area contributed by atoms with Gasteiger partial charge in [-0.3, -0.25) is 4.79 Å². The lowest BCUT2D eigenvalue weighted by Gasteiger charge is -2.31. The second-order valence-corrected chi connectivity index (χ2v) is 8.79. The molecule has 7 nitrogen and oxygen atoms in total. The summed E-state index contributed by atoms with van der Waals surface area (Å²) in [6.07, 6.45) is 1.60. The zero-order valence-electron chi connectivity index (χ0n) is 15.8. The monoisotopic (exact) mass is 401 g/mol. The van der Waals surface area contributed by atoms with E-state index in [1.54, 1.807) is 30.5 Å². The highest BCUT2D eigenvalue weighted by atomic mass is 32.2.